The van der Waals surface area contributed by atoms with Gasteiger partial charge in [-0.25, -0.2) is 0 Å². The van der Waals surface area contributed by atoms with Crippen molar-refractivity contribution in [3.05, 3.63) is 35.4 Å². The quantitative estimate of drug-likeness (QED) is 0.803. The zero-order valence-corrected chi connectivity index (χ0v) is 12.4. The molecule has 1 aromatic carbocycles. The van der Waals surface area contributed by atoms with Gasteiger partial charge in [0.2, 0.25) is 0 Å². The van der Waals surface area contributed by atoms with E-state index in [1.54, 1.807) is 0 Å². The first kappa shape index (κ1) is 15.2. The average Bonchev–Trinajstić information content (AvgIpc) is 2.37. The molecule has 18 heavy (non-hydrogen) atoms. The van der Waals surface area contributed by atoms with Crippen molar-refractivity contribution in [2.45, 2.75) is 40.2 Å². The van der Waals surface area contributed by atoms with Crippen LogP contribution in [0, 0.1) is 5.41 Å². The van der Waals surface area contributed by atoms with Gasteiger partial charge in [-0.1, -0.05) is 45.0 Å². The van der Waals surface area contributed by atoms with Crippen molar-refractivity contribution in [3.8, 4) is 0 Å². The highest BCUT2D eigenvalue weighted by molar-refractivity contribution is 5.22. The van der Waals surface area contributed by atoms with Crippen LogP contribution in [0.3, 0.4) is 0 Å². The van der Waals surface area contributed by atoms with Crippen molar-refractivity contribution in [2.75, 3.05) is 20.1 Å². The molecule has 0 saturated heterocycles. The first-order chi connectivity index (χ1) is 8.46. The van der Waals surface area contributed by atoms with Crippen LogP contribution in [-0.2, 0) is 13.0 Å². The molecule has 0 saturated carbocycles. The van der Waals surface area contributed by atoms with Crippen LogP contribution in [0.2, 0.25) is 0 Å². The molecule has 0 aliphatic carbocycles. The van der Waals surface area contributed by atoms with Crippen LogP contribution in [0.25, 0.3) is 0 Å². The molecule has 1 rings (SSSR count). The minimum Gasteiger partial charge on any atom is -0.330 e. The molecule has 0 amide bonds. The third-order valence-corrected chi connectivity index (χ3v) is 3.61. The second-order valence-corrected chi connectivity index (χ2v) is 6.03. The summed E-state index contributed by atoms with van der Waals surface area (Å²) in [5.41, 5.74) is 8.81. The normalized spacial score (nSPS) is 12.1. The van der Waals surface area contributed by atoms with Gasteiger partial charge < -0.3 is 10.6 Å². The van der Waals surface area contributed by atoms with E-state index in [1.165, 1.54) is 11.1 Å². The standard InChI is InChI=1S/C16H28N2/c1-5-14-6-8-15(9-7-14)12-18(4)11-10-16(2,3)13-17/h6-9H,5,10-13,17H2,1-4H3. The van der Waals surface area contributed by atoms with E-state index >= 15 is 0 Å². The molecule has 2 heteroatoms. The summed E-state index contributed by atoms with van der Waals surface area (Å²) < 4.78 is 0. The summed E-state index contributed by atoms with van der Waals surface area (Å²) in [5, 5.41) is 0. The van der Waals surface area contributed by atoms with Gasteiger partial charge in [-0.15, -0.1) is 0 Å². The summed E-state index contributed by atoms with van der Waals surface area (Å²) in [4.78, 5) is 2.37. The van der Waals surface area contributed by atoms with Crippen LogP contribution in [0.15, 0.2) is 24.3 Å². The zero-order valence-electron chi connectivity index (χ0n) is 12.4. The minimum absolute atomic E-state index is 0.250. The lowest BCUT2D eigenvalue weighted by Gasteiger charge is -2.26. The van der Waals surface area contributed by atoms with Crippen LogP contribution in [0.5, 0.6) is 0 Å². The Labute approximate surface area is 112 Å². The molecular weight excluding hydrogens is 220 g/mol. The van der Waals surface area contributed by atoms with E-state index in [0.717, 1.165) is 32.5 Å². The van der Waals surface area contributed by atoms with Crippen molar-refractivity contribution in [3.63, 3.8) is 0 Å². The van der Waals surface area contributed by atoms with Gasteiger partial charge in [0.1, 0.15) is 0 Å². The maximum atomic E-state index is 5.76. The van der Waals surface area contributed by atoms with E-state index in [9.17, 15) is 0 Å². The summed E-state index contributed by atoms with van der Waals surface area (Å²) in [6, 6.07) is 8.94. The number of hydrogen-bond acceptors (Lipinski definition) is 2. The van der Waals surface area contributed by atoms with Crippen molar-refractivity contribution in [1.29, 1.82) is 0 Å². The second-order valence-electron chi connectivity index (χ2n) is 6.03. The van der Waals surface area contributed by atoms with Gasteiger partial charge in [0.15, 0.2) is 0 Å². The Bertz CT molecular complexity index is 341. The van der Waals surface area contributed by atoms with Crippen molar-refractivity contribution in [2.24, 2.45) is 11.1 Å². The van der Waals surface area contributed by atoms with Gasteiger partial charge >= 0.3 is 0 Å². The molecule has 0 unspecified atom stereocenters. The molecule has 0 bridgehead atoms. The first-order valence-electron chi connectivity index (χ1n) is 6.93. The maximum Gasteiger partial charge on any atom is 0.0230 e. The van der Waals surface area contributed by atoms with E-state index in [2.05, 4.69) is 57.0 Å². The van der Waals surface area contributed by atoms with Crippen molar-refractivity contribution in [1.82, 2.24) is 4.90 Å². The van der Waals surface area contributed by atoms with Gasteiger partial charge in [0, 0.05) is 6.54 Å². The van der Waals surface area contributed by atoms with Crippen LogP contribution in [-0.4, -0.2) is 25.0 Å². The van der Waals surface area contributed by atoms with Gasteiger partial charge in [0.05, 0.1) is 0 Å². The van der Waals surface area contributed by atoms with Crippen LogP contribution < -0.4 is 5.73 Å². The molecule has 1 aromatic rings. The predicted octanol–water partition coefficient (Wildman–Crippen LogP) is 3.06. The Morgan fingerprint density at radius 3 is 2.17 bits per heavy atom. The molecule has 0 aromatic heterocycles. The number of nitrogens with two attached hydrogens (primary N) is 1. The fourth-order valence-electron chi connectivity index (χ4n) is 1.87. The SMILES string of the molecule is CCc1ccc(CN(C)CCC(C)(C)CN)cc1. The molecular formula is C16H28N2. The van der Waals surface area contributed by atoms with Crippen molar-refractivity contribution < 1.29 is 0 Å². The highest BCUT2D eigenvalue weighted by atomic mass is 15.1. The molecule has 0 spiro atoms. The van der Waals surface area contributed by atoms with E-state index < -0.39 is 0 Å². The fourth-order valence-corrected chi connectivity index (χ4v) is 1.87. The second kappa shape index (κ2) is 6.91. The smallest absolute Gasteiger partial charge is 0.0230 e. The van der Waals surface area contributed by atoms with Gasteiger partial charge in [0.25, 0.3) is 0 Å². The summed E-state index contributed by atoms with van der Waals surface area (Å²) in [5.74, 6) is 0. The van der Waals surface area contributed by atoms with E-state index in [0.29, 0.717) is 0 Å². The van der Waals surface area contributed by atoms with E-state index in [-0.39, 0.29) is 5.41 Å². The average molecular weight is 248 g/mol. The van der Waals surface area contributed by atoms with Gasteiger partial charge in [-0.3, -0.25) is 0 Å². The third kappa shape index (κ3) is 5.19. The van der Waals surface area contributed by atoms with Crippen LogP contribution >= 0.6 is 0 Å². The van der Waals surface area contributed by atoms with Crippen molar-refractivity contribution >= 4 is 0 Å². The number of rotatable bonds is 7. The van der Waals surface area contributed by atoms with E-state index in [1.807, 2.05) is 0 Å². The molecule has 2 N–H and O–H groups in total. The summed E-state index contributed by atoms with van der Waals surface area (Å²) in [6.45, 7) is 9.53. The van der Waals surface area contributed by atoms with Crippen LogP contribution in [0.1, 0.15) is 38.3 Å². The third-order valence-electron chi connectivity index (χ3n) is 3.61. The van der Waals surface area contributed by atoms with Gasteiger partial charge in [-0.05, 0) is 49.5 Å². The lowest BCUT2D eigenvalue weighted by atomic mass is 9.89. The lowest BCUT2D eigenvalue weighted by Crippen LogP contribution is -2.29. The Kier molecular flexibility index (Phi) is 5.83. The Morgan fingerprint density at radius 2 is 1.67 bits per heavy atom. The highest BCUT2D eigenvalue weighted by Gasteiger charge is 2.15. The minimum atomic E-state index is 0.250. The Balaban J connectivity index is 2.41. The van der Waals surface area contributed by atoms with E-state index in [4.69, 9.17) is 5.73 Å². The molecule has 0 aliphatic rings. The topological polar surface area (TPSA) is 29.3 Å². The molecule has 0 radical (unpaired) electrons. The maximum absolute atomic E-state index is 5.76. The van der Waals surface area contributed by atoms with Gasteiger partial charge in [-0.2, -0.15) is 0 Å². The predicted molar refractivity (Wildman–Crippen MR) is 79.6 cm³/mol. The monoisotopic (exact) mass is 248 g/mol. The van der Waals surface area contributed by atoms with Crippen LogP contribution in [0.4, 0.5) is 0 Å². The molecule has 102 valence electrons. The Morgan fingerprint density at radius 1 is 1.11 bits per heavy atom. The molecule has 0 atom stereocenters. The highest BCUT2D eigenvalue weighted by Crippen LogP contribution is 2.18. The first-order valence-corrected chi connectivity index (χ1v) is 6.93. The molecule has 0 heterocycles. The number of nitrogens with zero attached hydrogens (tertiary/aromatic N) is 1. The largest absolute Gasteiger partial charge is 0.330 e. The fraction of sp³-hybridized carbons (Fsp3) is 0.625. The molecule has 2 nitrogen and oxygen atoms in total. The molecule has 0 fully saturated rings. The lowest BCUT2D eigenvalue weighted by molar-refractivity contribution is 0.249. The number of hydrogen-bond donors (Lipinski definition) is 1. The summed E-state index contributed by atoms with van der Waals surface area (Å²) in [6.07, 6.45) is 2.26. The summed E-state index contributed by atoms with van der Waals surface area (Å²) in [7, 11) is 2.18. The summed E-state index contributed by atoms with van der Waals surface area (Å²) >= 11 is 0. The number of benzene rings is 1. The molecule has 0 aliphatic heterocycles. The number of aryl methyl sites for hydroxylation is 1. The zero-order chi connectivity index (χ0) is 13.6. The Hall–Kier alpha value is -0.860.